The molecule has 0 aliphatic carbocycles. The van der Waals surface area contributed by atoms with Crippen LogP contribution in [0.25, 0.3) is 0 Å². The van der Waals surface area contributed by atoms with Crippen LogP contribution in [0.5, 0.6) is 5.75 Å². The lowest BCUT2D eigenvalue weighted by atomic mass is 10.1. The summed E-state index contributed by atoms with van der Waals surface area (Å²) in [6.07, 6.45) is 3.27. The normalized spacial score (nSPS) is 11.9. The summed E-state index contributed by atoms with van der Waals surface area (Å²) in [6.45, 7) is 1.78. The van der Waals surface area contributed by atoms with E-state index in [1.165, 1.54) is 0 Å². The van der Waals surface area contributed by atoms with Gasteiger partial charge >= 0.3 is 0 Å². The molecule has 0 saturated heterocycles. The molecule has 0 fully saturated rings. The second kappa shape index (κ2) is 5.48. The van der Waals surface area contributed by atoms with E-state index in [-0.39, 0.29) is 17.4 Å². The number of halogens is 1. The number of phenols is 1. The molecule has 2 rings (SSSR count). The highest BCUT2D eigenvalue weighted by Gasteiger charge is 2.15. The Hall–Kier alpha value is -2.43. The van der Waals surface area contributed by atoms with Crippen molar-refractivity contribution < 1.29 is 14.3 Å². The molecule has 98 valence electrons. The Labute approximate surface area is 109 Å². The molecule has 0 aliphatic rings. The Kier molecular flexibility index (Phi) is 3.75. The van der Waals surface area contributed by atoms with E-state index in [1.807, 2.05) is 6.07 Å². The fraction of sp³-hybridized carbons (Fsp3) is 0.143. The number of hydrogen-bond acceptors (Lipinski definition) is 3. The van der Waals surface area contributed by atoms with Crippen LogP contribution < -0.4 is 5.32 Å². The first-order chi connectivity index (χ1) is 9.08. The lowest BCUT2D eigenvalue weighted by molar-refractivity contribution is 0.0936. The van der Waals surface area contributed by atoms with Gasteiger partial charge in [0.05, 0.1) is 11.6 Å². The maximum atomic E-state index is 13.1. The SMILES string of the molecule is CC(NC(=O)c1cc(F)ccc1O)c1cccnc1. The van der Waals surface area contributed by atoms with E-state index in [0.29, 0.717) is 0 Å². The highest BCUT2D eigenvalue weighted by atomic mass is 19.1. The summed E-state index contributed by atoms with van der Waals surface area (Å²) in [7, 11) is 0. The number of pyridine rings is 1. The van der Waals surface area contributed by atoms with Gasteiger partial charge in [0.15, 0.2) is 0 Å². The molecule has 4 nitrogen and oxygen atoms in total. The van der Waals surface area contributed by atoms with Gasteiger partial charge in [-0.05, 0) is 36.8 Å². The summed E-state index contributed by atoms with van der Waals surface area (Å²) in [5.74, 6) is -1.36. The van der Waals surface area contributed by atoms with Crippen LogP contribution in [0.4, 0.5) is 4.39 Å². The lowest BCUT2D eigenvalue weighted by Gasteiger charge is -2.14. The maximum absolute atomic E-state index is 13.1. The summed E-state index contributed by atoms with van der Waals surface area (Å²) < 4.78 is 13.1. The number of phenolic OH excluding ortho intramolecular Hbond substituents is 1. The zero-order chi connectivity index (χ0) is 13.8. The minimum atomic E-state index is -0.572. The molecule has 2 aromatic rings. The zero-order valence-corrected chi connectivity index (χ0v) is 10.3. The number of aromatic nitrogens is 1. The number of benzene rings is 1. The summed E-state index contributed by atoms with van der Waals surface area (Å²) in [4.78, 5) is 15.9. The molecule has 1 amide bonds. The predicted molar refractivity (Wildman–Crippen MR) is 68.2 cm³/mol. The van der Waals surface area contributed by atoms with Crippen LogP contribution in [0.2, 0.25) is 0 Å². The first kappa shape index (κ1) is 13.0. The Morgan fingerprint density at radius 2 is 2.21 bits per heavy atom. The molecule has 1 unspecified atom stereocenters. The van der Waals surface area contributed by atoms with Crippen molar-refractivity contribution in [2.45, 2.75) is 13.0 Å². The molecule has 1 heterocycles. The van der Waals surface area contributed by atoms with E-state index in [9.17, 15) is 14.3 Å². The number of nitrogens with one attached hydrogen (secondary N) is 1. The minimum Gasteiger partial charge on any atom is -0.507 e. The Morgan fingerprint density at radius 3 is 2.89 bits per heavy atom. The molecule has 0 bridgehead atoms. The van der Waals surface area contributed by atoms with Gasteiger partial charge < -0.3 is 10.4 Å². The first-order valence-electron chi connectivity index (χ1n) is 5.77. The highest BCUT2D eigenvalue weighted by Crippen LogP contribution is 2.19. The third kappa shape index (κ3) is 3.07. The van der Waals surface area contributed by atoms with E-state index < -0.39 is 11.7 Å². The molecule has 1 aromatic carbocycles. The summed E-state index contributed by atoms with van der Waals surface area (Å²) in [5.41, 5.74) is 0.738. The van der Waals surface area contributed by atoms with E-state index in [1.54, 1.807) is 25.4 Å². The molecule has 1 aromatic heterocycles. The van der Waals surface area contributed by atoms with Crippen molar-refractivity contribution in [2.24, 2.45) is 0 Å². The highest BCUT2D eigenvalue weighted by molar-refractivity contribution is 5.97. The van der Waals surface area contributed by atoms with Crippen LogP contribution >= 0.6 is 0 Å². The fourth-order valence-electron chi connectivity index (χ4n) is 1.68. The van der Waals surface area contributed by atoms with Crippen LogP contribution in [-0.2, 0) is 0 Å². The van der Waals surface area contributed by atoms with Crippen LogP contribution in [0.1, 0.15) is 28.9 Å². The van der Waals surface area contributed by atoms with Crippen LogP contribution in [-0.4, -0.2) is 16.0 Å². The zero-order valence-electron chi connectivity index (χ0n) is 10.3. The molecule has 2 N–H and O–H groups in total. The van der Waals surface area contributed by atoms with Gasteiger partial charge in [0.25, 0.3) is 5.91 Å². The average molecular weight is 260 g/mol. The fourth-order valence-corrected chi connectivity index (χ4v) is 1.68. The van der Waals surface area contributed by atoms with Crippen molar-refractivity contribution in [3.05, 3.63) is 59.7 Å². The molecule has 0 spiro atoms. The third-order valence-electron chi connectivity index (χ3n) is 2.74. The van der Waals surface area contributed by atoms with E-state index in [4.69, 9.17) is 0 Å². The Balaban J connectivity index is 2.15. The van der Waals surface area contributed by atoms with Gasteiger partial charge in [-0.25, -0.2) is 4.39 Å². The van der Waals surface area contributed by atoms with Gasteiger partial charge in [-0.3, -0.25) is 9.78 Å². The van der Waals surface area contributed by atoms with Gasteiger partial charge in [0, 0.05) is 12.4 Å². The predicted octanol–water partition coefficient (Wildman–Crippen LogP) is 2.42. The standard InChI is InChI=1S/C14H13FN2O2/c1-9(10-3-2-6-16-8-10)17-14(19)12-7-11(15)4-5-13(12)18/h2-9,18H,1H3,(H,17,19). The van der Waals surface area contributed by atoms with E-state index >= 15 is 0 Å². The number of carbonyl (C=O) groups excluding carboxylic acids is 1. The van der Waals surface area contributed by atoms with E-state index in [2.05, 4.69) is 10.3 Å². The van der Waals surface area contributed by atoms with Gasteiger partial charge in [-0.1, -0.05) is 6.07 Å². The minimum absolute atomic E-state index is 0.0873. The molecule has 0 radical (unpaired) electrons. The van der Waals surface area contributed by atoms with Crippen molar-refractivity contribution in [3.63, 3.8) is 0 Å². The Bertz CT molecular complexity index is 587. The van der Waals surface area contributed by atoms with Gasteiger partial charge in [0.2, 0.25) is 0 Å². The Morgan fingerprint density at radius 1 is 1.42 bits per heavy atom. The number of hydrogen-bond donors (Lipinski definition) is 2. The molecule has 19 heavy (non-hydrogen) atoms. The second-order valence-corrected chi connectivity index (χ2v) is 4.14. The molecular weight excluding hydrogens is 247 g/mol. The monoisotopic (exact) mass is 260 g/mol. The number of nitrogens with zero attached hydrogens (tertiary/aromatic N) is 1. The van der Waals surface area contributed by atoms with Crippen LogP contribution in [0.15, 0.2) is 42.7 Å². The second-order valence-electron chi connectivity index (χ2n) is 4.14. The number of amides is 1. The quantitative estimate of drug-likeness (QED) is 0.890. The van der Waals surface area contributed by atoms with Gasteiger partial charge in [-0.2, -0.15) is 0 Å². The number of carbonyl (C=O) groups is 1. The van der Waals surface area contributed by atoms with Crippen LogP contribution in [0.3, 0.4) is 0 Å². The average Bonchev–Trinajstić information content (AvgIpc) is 2.42. The number of rotatable bonds is 3. The molecule has 0 saturated carbocycles. The van der Waals surface area contributed by atoms with Crippen molar-refractivity contribution >= 4 is 5.91 Å². The summed E-state index contributed by atoms with van der Waals surface area (Å²) in [5, 5.41) is 12.2. The van der Waals surface area contributed by atoms with E-state index in [0.717, 1.165) is 23.8 Å². The lowest BCUT2D eigenvalue weighted by Crippen LogP contribution is -2.26. The molecule has 5 heteroatoms. The molecule has 1 atom stereocenters. The largest absolute Gasteiger partial charge is 0.507 e. The number of aromatic hydroxyl groups is 1. The summed E-state index contributed by atoms with van der Waals surface area (Å²) >= 11 is 0. The van der Waals surface area contributed by atoms with Crippen molar-refractivity contribution in [3.8, 4) is 5.75 Å². The smallest absolute Gasteiger partial charge is 0.255 e. The maximum Gasteiger partial charge on any atom is 0.255 e. The third-order valence-corrected chi connectivity index (χ3v) is 2.74. The van der Waals surface area contributed by atoms with Crippen molar-refractivity contribution in [1.82, 2.24) is 10.3 Å². The van der Waals surface area contributed by atoms with Crippen LogP contribution in [0, 0.1) is 5.82 Å². The van der Waals surface area contributed by atoms with Gasteiger partial charge in [-0.15, -0.1) is 0 Å². The molecule has 0 aliphatic heterocycles. The topological polar surface area (TPSA) is 62.2 Å². The van der Waals surface area contributed by atoms with Crippen molar-refractivity contribution in [2.75, 3.05) is 0 Å². The summed E-state index contributed by atoms with van der Waals surface area (Å²) in [6, 6.07) is 6.54. The molecular formula is C14H13FN2O2. The first-order valence-corrected chi connectivity index (χ1v) is 5.77. The van der Waals surface area contributed by atoms with Crippen molar-refractivity contribution in [1.29, 1.82) is 0 Å². The van der Waals surface area contributed by atoms with Gasteiger partial charge in [0.1, 0.15) is 11.6 Å².